The summed E-state index contributed by atoms with van der Waals surface area (Å²) in [6.07, 6.45) is 0.517. The van der Waals surface area contributed by atoms with Crippen LogP contribution in [-0.4, -0.2) is 36.3 Å². The zero-order valence-corrected chi connectivity index (χ0v) is 17.5. The van der Waals surface area contributed by atoms with Gasteiger partial charge < -0.3 is 10.2 Å². The highest BCUT2D eigenvalue weighted by Crippen LogP contribution is 2.27. The molecule has 0 aliphatic carbocycles. The van der Waals surface area contributed by atoms with E-state index in [9.17, 15) is 14.0 Å². The molecule has 1 N–H and O–H groups in total. The molecular weight excluding hydrogens is 391 g/mol. The molecule has 1 saturated heterocycles. The summed E-state index contributed by atoms with van der Waals surface area (Å²) in [5.74, 6) is -1.15. The van der Waals surface area contributed by atoms with Gasteiger partial charge in [0.15, 0.2) is 0 Å². The molecule has 1 heterocycles. The van der Waals surface area contributed by atoms with Crippen molar-refractivity contribution in [3.8, 4) is 11.1 Å². The van der Waals surface area contributed by atoms with Crippen LogP contribution < -0.4 is 5.32 Å². The predicted octanol–water partition coefficient (Wildman–Crippen LogP) is 4.23. The maximum Gasteiger partial charge on any atom is 0.254 e. The first-order valence-electron chi connectivity index (χ1n) is 10.5. The van der Waals surface area contributed by atoms with Gasteiger partial charge in [-0.15, -0.1) is 0 Å². The minimum absolute atomic E-state index is 0.0618. The molecule has 1 atom stereocenters. The predicted molar refractivity (Wildman–Crippen MR) is 119 cm³/mol. The fourth-order valence-corrected chi connectivity index (χ4v) is 4.02. The van der Waals surface area contributed by atoms with Gasteiger partial charge >= 0.3 is 0 Å². The Morgan fingerprint density at radius 2 is 1.84 bits per heavy atom. The second-order valence-electron chi connectivity index (χ2n) is 7.98. The second-order valence-corrected chi connectivity index (χ2v) is 7.98. The number of nitrogens with one attached hydrogen (secondary N) is 1. The van der Waals surface area contributed by atoms with Crippen molar-refractivity contribution < 1.29 is 14.0 Å². The molecule has 0 spiro atoms. The van der Waals surface area contributed by atoms with Gasteiger partial charge in [-0.05, 0) is 48.2 Å². The summed E-state index contributed by atoms with van der Waals surface area (Å²) >= 11 is 0. The van der Waals surface area contributed by atoms with Gasteiger partial charge in [0.25, 0.3) is 5.91 Å². The summed E-state index contributed by atoms with van der Waals surface area (Å²) < 4.78 is 13.6. The number of rotatable bonds is 4. The molecular formula is C26H25FN2O2. The van der Waals surface area contributed by atoms with Crippen LogP contribution in [0.1, 0.15) is 21.5 Å². The molecule has 3 aromatic rings. The average molecular weight is 416 g/mol. The van der Waals surface area contributed by atoms with Gasteiger partial charge in [-0.3, -0.25) is 9.59 Å². The Labute approximate surface area is 181 Å². The molecule has 31 heavy (non-hydrogen) atoms. The summed E-state index contributed by atoms with van der Waals surface area (Å²) in [7, 11) is 0. The molecule has 158 valence electrons. The SMILES string of the molecule is Cc1ccc(-c2ccccc2C[C@H]2CN(C(=O)c3cccc(F)c3)CCNC2=O)cc1. The summed E-state index contributed by atoms with van der Waals surface area (Å²) in [5, 5.41) is 2.92. The lowest BCUT2D eigenvalue weighted by atomic mass is 9.91. The van der Waals surface area contributed by atoms with Crippen LogP contribution in [-0.2, 0) is 11.2 Å². The van der Waals surface area contributed by atoms with Crippen molar-refractivity contribution in [3.05, 3.63) is 95.3 Å². The first kappa shape index (κ1) is 20.8. The van der Waals surface area contributed by atoms with Crippen LogP contribution in [0.25, 0.3) is 11.1 Å². The van der Waals surface area contributed by atoms with Crippen LogP contribution in [0.4, 0.5) is 4.39 Å². The van der Waals surface area contributed by atoms with Crippen LogP contribution in [0, 0.1) is 18.7 Å². The van der Waals surface area contributed by atoms with Gasteiger partial charge in [0.05, 0.1) is 5.92 Å². The van der Waals surface area contributed by atoms with Crippen LogP contribution in [0.15, 0.2) is 72.8 Å². The smallest absolute Gasteiger partial charge is 0.254 e. The summed E-state index contributed by atoms with van der Waals surface area (Å²) in [5.41, 5.74) is 4.74. The van der Waals surface area contributed by atoms with Crippen molar-refractivity contribution in [2.75, 3.05) is 19.6 Å². The first-order valence-corrected chi connectivity index (χ1v) is 10.5. The third-order valence-electron chi connectivity index (χ3n) is 5.70. The Balaban J connectivity index is 1.58. The number of hydrogen-bond donors (Lipinski definition) is 1. The zero-order chi connectivity index (χ0) is 21.8. The number of aryl methyl sites for hydroxylation is 1. The zero-order valence-electron chi connectivity index (χ0n) is 17.5. The topological polar surface area (TPSA) is 49.4 Å². The molecule has 4 nitrogen and oxygen atoms in total. The van der Waals surface area contributed by atoms with E-state index in [0.29, 0.717) is 31.6 Å². The Bertz CT molecular complexity index is 1090. The van der Waals surface area contributed by atoms with Crippen LogP contribution in [0.5, 0.6) is 0 Å². The minimum atomic E-state index is -0.446. The van der Waals surface area contributed by atoms with E-state index in [-0.39, 0.29) is 17.7 Å². The Kier molecular flexibility index (Phi) is 6.12. The van der Waals surface area contributed by atoms with Crippen molar-refractivity contribution in [3.63, 3.8) is 0 Å². The van der Waals surface area contributed by atoms with Gasteiger partial charge in [-0.2, -0.15) is 0 Å². The number of carbonyl (C=O) groups excluding carboxylic acids is 2. The van der Waals surface area contributed by atoms with E-state index in [0.717, 1.165) is 16.7 Å². The third-order valence-corrected chi connectivity index (χ3v) is 5.70. The molecule has 2 amide bonds. The lowest BCUT2D eigenvalue weighted by Crippen LogP contribution is -2.37. The lowest BCUT2D eigenvalue weighted by molar-refractivity contribution is -0.124. The number of carbonyl (C=O) groups is 2. The van der Waals surface area contributed by atoms with E-state index in [1.165, 1.54) is 23.8 Å². The molecule has 1 aliphatic heterocycles. The maximum atomic E-state index is 13.6. The van der Waals surface area contributed by atoms with Crippen LogP contribution in [0.2, 0.25) is 0 Å². The van der Waals surface area contributed by atoms with Crippen LogP contribution >= 0.6 is 0 Å². The van der Waals surface area contributed by atoms with Gasteiger partial charge in [0.2, 0.25) is 5.91 Å². The van der Waals surface area contributed by atoms with Gasteiger partial charge in [-0.25, -0.2) is 4.39 Å². The molecule has 0 bridgehead atoms. The second kappa shape index (κ2) is 9.13. The molecule has 1 fully saturated rings. The largest absolute Gasteiger partial charge is 0.354 e. The van der Waals surface area contributed by atoms with Crippen molar-refractivity contribution in [1.82, 2.24) is 10.2 Å². The van der Waals surface area contributed by atoms with Crippen molar-refractivity contribution in [1.29, 1.82) is 0 Å². The van der Waals surface area contributed by atoms with Crippen molar-refractivity contribution >= 4 is 11.8 Å². The Hall–Kier alpha value is -3.47. The summed E-state index contributed by atoms with van der Waals surface area (Å²) in [6, 6.07) is 22.1. The number of nitrogens with zero attached hydrogens (tertiary/aromatic N) is 1. The minimum Gasteiger partial charge on any atom is -0.354 e. The molecule has 0 unspecified atom stereocenters. The quantitative estimate of drug-likeness (QED) is 0.692. The van der Waals surface area contributed by atoms with E-state index in [1.54, 1.807) is 11.0 Å². The van der Waals surface area contributed by atoms with E-state index < -0.39 is 5.82 Å². The van der Waals surface area contributed by atoms with E-state index in [1.807, 2.05) is 18.2 Å². The van der Waals surface area contributed by atoms with E-state index >= 15 is 0 Å². The molecule has 1 aliphatic rings. The van der Waals surface area contributed by atoms with E-state index in [2.05, 4.69) is 42.6 Å². The van der Waals surface area contributed by atoms with Gasteiger partial charge in [0.1, 0.15) is 5.82 Å². The van der Waals surface area contributed by atoms with Crippen molar-refractivity contribution in [2.24, 2.45) is 5.92 Å². The van der Waals surface area contributed by atoms with Crippen molar-refractivity contribution in [2.45, 2.75) is 13.3 Å². The number of amides is 2. The normalized spacial score (nSPS) is 16.5. The number of hydrogen-bond acceptors (Lipinski definition) is 2. The molecule has 0 aromatic heterocycles. The highest BCUT2D eigenvalue weighted by molar-refractivity contribution is 5.95. The molecule has 0 radical (unpaired) electrons. The van der Waals surface area contributed by atoms with Crippen LogP contribution in [0.3, 0.4) is 0 Å². The summed E-state index contributed by atoms with van der Waals surface area (Å²) in [6.45, 7) is 3.13. The molecule has 5 heteroatoms. The average Bonchev–Trinajstić information content (AvgIpc) is 2.96. The maximum absolute atomic E-state index is 13.6. The Morgan fingerprint density at radius 3 is 2.61 bits per heavy atom. The lowest BCUT2D eigenvalue weighted by Gasteiger charge is -2.24. The highest BCUT2D eigenvalue weighted by atomic mass is 19.1. The molecule has 3 aromatic carbocycles. The van der Waals surface area contributed by atoms with E-state index in [4.69, 9.17) is 0 Å². The van der Waals surface area contributed by atoms with Gasteiger partial charge in [-0.1, -0.05) is 60.2 Å². The number of benzene rings is 3. The fourth-order valence-electron chi connectivity index (χ4n) is 4.02. The monoisotopic (exact) mass is 416 g/mol. The Morgan fingerprint density at radius 1 is 1.06 bits per heavy atom. The standard InChI is InChI=1S/C26H25FN2O2/c1-18-9-11-19(12-10-18)24-8-3-2-5-20(24)15-22-17-29(14-13-28-25(22)30)26(31)21-6-4-7-23(27)16-21/h2-12,16,22H,13-15,17H2,1H3,(H,28,30)/t22-/m0/s1. The molecule has 4 rings (SSSR count). The van der Waals surface area contributed by atoms with Gasteiger partial charge in [0, 0.05) is 25.2 Å². The fraction of sp³-hybridized carbons (Fsp3) is 0.231. The highest BCUT2D eigenvalue weighted by Gasteiger charge is 2.29. The first-order chi connectivity index (χ1) is 15.0. The third kappa shape index (κ3) is 4.82. The molecule has 0 saturated carbocycles. The summed E-state index contributed by atoms with van der Waals surface area (Å²) in [4.78, 5) is 27.4. The number of halogens is 1.